The van der Waals surface area contributed by atoms with Crippen LogP contribution in [0.2, 0.25) is 0 Å². The van der Waals surface area contributed by atoms with E-state index >= 15 is 0 Å². The molecule has 0 atom stereocenters. The Balaban J connectivity index is 2.06. The number of hydrogen-bond donors (Lipinski definition) is 0. The summed E-state index contributed by atoms with van der Waals surface area (Å²) < 4.78 is 0. The molecule has 0 saturated heterocycles. The lowest BCUT2D eigenvalue weighted by atomic mass is 10.1. The molecule has 0 spiro atoms. The Bertz CT molecular complexity index is 55.4. The van der Waals surface area contributed by atoms with Gasteiger partial charge in [-0.3, -0.25) is 0 Å². The lowest BCUT2D eigenvalue weighted by molar-refractivity contribution is 0.624. The first-order valence-corrected chi connectivity index (χ1v) is 4.82. The largest absolute Gasteiger partial charge is 0.165 e. The Morgan fingerprint density at radius 3 is 2.50 bits per heavy atom. The highest BCUT2D eigenvalue weighted by Crippen LogP contribution is 2.26. The Kier molecular flexibility index (Phi) is 2.74. The van der Waals surface area contributed by atoms with Crippen LogP contribution in [0.3, 0.4) is 0 Å². The van der Waals surface area contributed by atoms with Crippen LogP contribution in [-0.4, -0.2) is 12.0 Å². The molecule has 0 bridgehead atoms. The zero-order chi connectivity index (χ0) is 5.82. The van der Waals surface area contributed by atoms with Gasteiger partial charge in [-0.05, 0) is 30.8 Å². The second-order valence-corrected chi connectivity index (χ2v) is 3.52. The van der Waals surface area contributed by atoms with Gasteiger partial charge in [0.15, 0.2) is 0 Å². The van der Waals surface area contributed by atoms with Gasteiger partial charge in [0.2, 0.25) is 0 Å². The molecule has 0 radical (unpaired) electrons. The van der Waals surface area contributed by atoms with Crippen LogP contribution >= 0.6 is 11.8 Å². The van der Waals surface area contributed by atoms with Crippen LogP contribution in [0, 0.1) is 5.92 Å². The lowest BCUT2D eigenvalue weighted by Gasteiger charge is -2.03. The highest BCUT2D eigenvalue weighted by Gasteiger charge is 2.12. The fourth-order valence-electron chi connectivity index (χ4n) is 1.41. The van der Waals surface area contributed by atoms with Gasteiger partial charge in [-0.1, -0.05) is 12.8 Å². The Morgan fingerprint density at radius 1 is 1.38 bits per heavy atom. The van der Waals surface area contributed by atoms with Crippen molar-refractivity contribution in [3.05, 3.63) is 0 Å². The molecule has 1 heteroatoms. The minimum atomic E-state index is 1.07. The topological polar surface area (TPSA) is 0 Å². The molecule has 0 nitrogen and oxygen atoms in total. The SMILES string of the molecule is CSCC1CCCC1. The lowest BCUT2D eigenvalue weighted by Crippen LogP contribution is -1.94. The van der Waals surface area contributed by atoms with Crippen LogP contribution in [0.1, 0.15) is 25.7 Å². The third-order valence-electron chi connectivity index (χ3n) is 1.88. The molecule has 0 N–H and O–H groups in total. The van der Waals surface area contributed by atoms with Gasteiger partial charge in [-0.15, -0.1) is 0 Å². The third-order valence-corrected chi connectivity index (χ3v) is 2.68. The van der Waals surface area contributed by atoms with Crippen LogP contribution in [0.15, 0.2) is 0 Å². The minimum absolute atomic E-state index is 1.07. The maximum absolute atomic E-state index is 2.21. The van der Waals surface area contributed by atoms with Crippen molar-refractivity contribution in [2.45, 2.75) is 25.7 Å². The zero-order valence-corrected chi connectivity index (χ0v) is 6.34. The molecule has 1 aliphatic carbocycles. The zero-order valence-electron chi connectivity index (χ0n) is 5.52. The van der Waals surface area contributed by atoms with Crippen molar-refractivity contribution >= 4 is 11.8 Å². The molecule has 1 fully saturated rings. The highest BCUT2D eigenvalue weighted by atomic mass is 32.2. The Hall–Kier alpha value is 0.350. The van der Waals surface area contributed by atoms with Crippen molar-refractivity contribution in [1.29, 1.82) is 0 Å². The van der Waals surface area contributed by atoms with Crippen LogP contribution in [0.5, 0.6) is 0 Å². The van der Waals surface area contributed by atoms with Gasteiger partial charge in [-0.2, -0.15) is 11.8 Å². The summed E-state index contributed by atoms with van der Waals surface area (Å²) in [6.07, 6.45) is 8.19. The predicted molar refractivity (Wildman–Crippen MR) is 40.3 cm³/mol. The maximum Gasteiger partial charge on any atom is -0.00419 e. The summed E-state index contributed by atoms with van der Waals surface area (Å²) in [4.78, 5) is 0. The molecule has 1 rings (SSSR count). The van der Waals surface area contributed by atoms with Crippen LogP contribution in [-0.2, 0) is 0 Å². The molecule has 0 unspecified atom stereocenters. The monoisotopic (exact) mass is 130 g/mol. The van der Waals surface area contributed by atoms with Crippen molar-refractivity contribution in [3.63, 3.8) is 0 Å². The van der Waals surface area contributed by atoms with Crippen LogP contribution in [0.4, 0.5) is 0 Å². The van der Waals surface area contributed by atoms with Gasteiger partial charge in [0.05, 0.1) is 0 Å². The van der Waals surface area contributed by atoms with E-state index in [9.17, 15) is 0 Å². The fraction of sp³-hybridized carbons (Fsp3) is 1.00. The van der Waals surface area contributed by atoms with E-state index in [0.29, 0.717) is 0 Å². The average molecular weight is 130 g/mol. The van der Waals surface area contributed by atoms with Gasteiger partial charge < -0.3 is 0 Å². The smallest absolute Gasteiger partial charge is 0.00419 e. The average Bonchev–Trinajstić information content (AvgIpc) is 2.19. The van der Waals surface area contributed by atoms with Gasteiger partial charge in [0.1, 0.15) is 0 Å². The molecule has 0 aliphatic heterocycles. The molecule has 0 heterocycles. The molecule has 48 valence electrons. The van der Waals surface area contributed by atoms with E-state index in [2.05, 4.69) is 6.26 Å². The van der Waals surface area contributed by atoms with E-state index < -0.39 is 0 Å². The standard InChI is InChI=1S/C7H14S/c1-8-6-7-4-2-3-5-7/h7H,2-6H2,1H3. The van der Waals surface area contributed by atoms with E-state index in [1.807, 2.05) is 11.8 Å². The van der Waals surface area contributed by atoms with Gasteiger partial charge in [0.25, 0.3) is 0 Å². The van der Waals surface area contributed by atoms with E-state index in [1.54, 1.807) is 0 Å². The third kappa shape index (κ3) is 1.70. The molecule has 0 aromatic heterocycles. The second kappa shape index (κ2) is 3.39. The second-order valence-electron chi connectivity index (χ2n) is 2.61. The highest BCUT2D eigenvalue weighted by molar-refractivity contribution is 7.98. The quantitative estimate of drug-likeness (QED) is 0.553. The van der Waals surface area contributed by atoms with Gasteiger partial charge in [0, 0.05) is 0 Å². The molecule has 1 aliphatic rings. The maximum atomic E-state index is 2.21. The van der Waals surface area contributed by atoms with E-state index in [4.69, 9.17) is 0 Å². The predicted octanol–water partition coefficient (Wildman–Crippen LogP) is 2.54. The van der Waals surface area contributed by atoms with Crippen molar-refractivity contribution in [2.75, 3.05) is 12.0 Å². The summed E-state index contributed by atoms with van der Waals surface area (Å²) in [5.41, 5.74) is 0. The van der Waals surface area contributed by atoms with Crippen molar-refractivity contribution in [3.8, 4) is 0 Å². The summed E-state index contributed by atoms with van der Waals surface area (Å²) in [5.74, 6) is 2.48. The summed E-state index contributed by atoms with van der Waals surface area (Å²) in [6, 6.07) is 0. The van der Waals surface area contributed by atoms with Crippen molar-refractivity contribution < 1.29 is 0 Å². The number of thioether (sulfide) groups is 1. The van der Waals surface area contributed by atoms with E-state index in [-0.39, 0.29) is 0 Å². The van der Waals surface area contributed by atoms with Crippen molar-refractivity contribution in [1.82, 2.24) is 0 Å². The van der Waals surface area contributed by atoms with Crippen LogP contribution < -0.4 is 0 Å². The Labute approximate surface area is 56.0 Å². The summed E-state index contributed by atoms with van der Waals surface area (Å²) in [6.45, 7) is 0. The normalized spacial score (nSPS) is 22.1. The molecular weight excluding hydrogens is 116 g/mol. The molecule has 0 aromatic rings. The summed E-state index contributed by atoms with van der Waals surface area (Å²) >= 11 is 2.00. The summed E-state index contributed by atoms with van der Waals surface area (Å²) in [5, 5.41) is 0. The van der Waals surface area contributed by atoms with Crippen LogP contribution in [0.25, 0.3) is 0 Å². The fourth-order valence-corrected chi connectivity index (χ4v) is 2.22. The first-order chi connectivity index (χ1) is 3.93. The van der Waals surface area contributed by atoms with Crippen molar-refractivity contribution in [2.24, 2.45) is 5.92 Å². The summed E-state index contributed by atoms with van der Waals surface area (Å²) in [7, 11) is 0. The van der Waals surface area contributed by atoms with Gasteiger partial charge >= 0.3 is 0 Å². The molecule has 8 heavy (non-hydrogen) atoms. The molecular formula is C7H14S. The molecule has 0 aromatic carbocycles. The number of rotatable bonds is 2. The van der Waals surface area contributed by atoms with Gasteiger partial charge in [-0.25, -0.2) is 0 Å². The molecule has 0 amide bonds. The molecule has 1 saturated carbocycles. The Morgan fingerprint density at radius 2 is 2.00 bits per heavy atom. The minimum Gasteiger partial charge on any atom is -0.165 e. The number of hydrogen-bond acceptors (Lipinski definition) is 1. The first-order valence-electron chi connectivity index (χ1n) is 3.42. The first kappa shape index (κ1) is 6.47. The van der Waals surface area contributed by atoms with E-state index in [0.717, 1.165) is 5.92 Å². The van der Waals surface area contributed by atoms with E-state index in [1.165, 1.54) is 31.4 Å².